The Labute approximate surface area is 576 Å². The minimum atomic E-state index is -1.22. The number of ether oxygens (including phenoxy) is 4. The highest BCUT2D eigenvalue weighted by molar-refractivity contribution is 5.94. The summed E-state index contributed by atoms with van der Waals surface area (Å²) in [5.41, 5.74) is 0.253. The maximum absolute atomic E-state index is 14.9. The van der Waals surface area contributed by atoms with Gasteiger partial charge in [0.1, 0.15) is 22.6 Å². The van der Waals surface area contributed by atoms with Crippen LogP contribution in [0.5, 0.6) is 0 Å². The van der Waals surface area contributed by atoms with Gasteiger partial charge in [0.25, 0.3) is 0 Å². The average Bonchev–Trinajstić information content (AvgIpc) is 1.48. The van der Waals surface area contributed by atoms with Crippen molar-refractivity contribution in [2.45, 2.75) is 168 Å². The fraction of sp³-hybridized carbons (Fsp3) is 0.778. The number of aryl methyl sites for hydroxylation is 2. The molecule has 6 saturated carbocycles. The van der Waals surface area contributed by atoms with Gasteiger partial charge in [0.15, 0.2) is 11.6 Å². The number of carbonyl (C=O) groups is 8. The molecule has 540 valence electrons. The first-order valence-electron chi connectivity index (χ1n) is 36.2. The van der Waals surface area contributed by atoms with Crippen LogP contribution >= 0.6 is 0 Å². The number of amides is 6. The molecular weight excluding hydrogens is 1260 g/mol. The van der Waals surface area contributed by atoms with Crippen molar-refractivity contribution in [3.8, 4) is 0 Å². The van der Waals surface area contributed by atoms with Gasteiger partial charge < -0.3 is 58.6 Å². The Kier molecular flexibility index (Phi) is 22.4. The van der Waals surface area contributed by atoms with Crippen LogP contribution in [0.15, 0.2) is 35.7 Å². The third kappa shape index (κ3) is 14.1. The molecule has 0 spiro atoms. The number of aliphatic hydroxyl groups is 2. The van der Waals surface area contributed by atoms with Gasteiger partial charge in [-0.3, -0.25) is 47.7 Å². The lowest BCUT2D eigenvalue weighted by molar-refractivity contribution is -0.150. The Morgan fingerprint density at radius 3 is 1.02 bits per heavy atom. The molecule has 2 aromatic rings. The molecule has 12 atom stereocenters. The molecule has 6 amide bonds. The van der Waals surface area contributed by atoms with Crippen molar-refractivity contribution in [1.82, 2.24) is 59.4 Å². The van der Waals surface area contributed by atoms with Crippen molar-refractivity contribution < 1.29 is 67.5 Å². The molecule has 98 heavy (non-hydrogen) atoms. The number of carbonyl (C=O) groups excluding carboxylic acids is 8. The van der Waals surface area contributed by atoms with Crippen LogP contribution in [0.1, 0.15) is 155 Å². The second-order valence-electron chi connectivity index (χ2n) is 31.0. The van der Waals surface area contributed by atoms with Crippen LogP contribution in [0, 0.1) is 57.2 Å². The van der Waals surface area contributed by atoms with Crippen molar-refractivity contribution in [2.75, 3.05) is 133 Å². The number of methoxy groups -OCH3 is 4. The molecule has 0 bridgehead atoms. The lowest BCUT2D eigenvalue weighted by Gasteiger charge is -2.59. The normalized spacial score (nSPS) is 33.9. The summed E-state index contributed by atoms with van der Waals surface area (Å²) in [5.74, 6) is -0.737. The summed E-state index contributed by atoms with van der Waals surface area (Å²) in [5, 5.41) is 43.9. The topological polar surface area (TPSA) is 295 Å². The van der Waals surface area contributed by atoms with Crippen LogP contribution in [-0.4, -0.2) is 250 Å². The number of hydrogen-bond acceptors (Lipinski definition) is 18. The summed E-state index contributed by atoms with van der Waals surface area (Å²) in [4.78, 5) is 121. The Hall–Kier alpha value is -6.32. The van der Waals surface area contributed by atoms with Gasteiger partial charge >= 0.3 is 0 Å². The van der Waals surface area contributed by atoms with Crippen LogP contribution in [0.2, 0.25) is 0 Å². The molecule has 26 nitrogen and oxygen atoms in total. The standard InChI is InChI=1S/C72H108N12O14/c1-67-21-15-51(85)39-49(67)11-13-53-55(67)17-23-69(3)57(53)19-25-71(69,93)59-41-83(75-73-59)29-9-27-77-43-63(89)81(33-37-97-7)47-66(92)80(32-36-96-6)46-62(88)78(44-64(90)82(34-38-98-8)48-65(91)79(31-35-95-5)45-61(77)87)28-10-30-84-42-60(74-76-84)72(94)26-20-58-54-14-12-50-40-52(86)16-22-68(50,2)56(54)18-24-70(58,72)4/h39-42,53-58,93-94H,9-38,43-48H2,1-8H3/t53?,54?,55?,56?,57?,58?,67-,68-,69-,70-,71+,72+/m0/s1. The molecule has 0 aromatic carbocycles. The van der Waals surface area contributed by atoms with Gasteiger partial charge in [-0.25, -0.2) is 0 Å². The number of allylic oxidation sites excluding steroid dienone is 2. The van der Waals surface area contributed by atoms with E-state index in [-0.39, 0.29) is 126 Å². The van der Waals surface area contributed by atoms with Gasteiger partial charge in [-0.15, -0.1) is 10.2 Å². The lowest BCUT2D eigenvalue weighted by atomic mass is 9.46. The minimum absolute atomic E-state index is 0.00601. The zero-order valence-corrected chi connectivity index (χ0v) is 59.4. The summed E-state index contributed by atoms with van der Waals surface area (Å²) in [6, 6.07) is 0. The average molecular weight is 1370 g/mol. The zero-order valence-electron chi connectivity index (χ0n) is 59.4. The van der Waals surface area contributed by atoms with Crippen molar-refractivity contribution in [3.63, 3.8) is 0 Å². The number of hydrogen-bond donors (Lipinski definition) is 2. The van der Waals surface area contributed by atoms with Gasteiger partial charge in [-0.1, -0.05) is 49.3 Å². The van der Waals surface area contributed by atoms with Gasteiger partial charge in [0.05, 0.1) is 78.1 Å². The fourth-order valence-electron chi connectivity index (χ4n) is 20.2. The summed E-state index contributed by atoms with van der Waals surface area (Å²) in [6.45, 7) is 6.72. The Morgan fingerprint density at radius 1 is 0.398 bits per heavy atom. The molecule has 2 N–H and O–H groups in total. The summed E-state index contributed by atoms with van der Waals surface area (Å²) in [7, 11) is 5.86. The Balaban J connectivity index is 0.787. The van der Waals surface area contributed by atoms with Crippen LogP contribution in [0.3, 0.4) is 0 Å². The molecule has 2 aromatic heterocycles. The van der Waals surface area contributed by atoms with E-state index in [2.05, 4.69) is 48.3 Å². The quantitative estimate of drug-likeness (QED) is 0.165. The second kappa shape index (κ2) is 30.1. The molecule has 1 aliphatic heterocycles. The van der Waals surface area contributed by atoms with E-state index in [0.29, 0.717) is 60.7 Å². The number of ketones is 2. The monoisotopic (exact) mass is 1360 g/mol. The fourth-order valence-corrected chi connectivity index (χ4v) is 20.2. The van der Waals surface area contributed by atoms with E-state index >= 15 is 0 Å². The lowest BCUT2D eigenvalue weighted by Crippen LogP contribution is -2.54. The number of fused-ring (bicyclic) bond motifs is 10. The van der Waals surface area contributed by atoms with E-state index in [9.17, 15) is 48.6 Å². The van der Waals surface area contributed by atoms with Crippen molar-refractivity contribution >= 4 is 47.0 Å². The molecule has 8 aliphatic carbocycles. The van der Waals surface area contributed by atoms with Crippen LogP contribution in [-0.2, 0) is 81.6 Å². The molecule has 0 radical (unpaired) electrons. The van der Waals surface area contributed by atoms with E-state index in [1.54, 1.807) is 21.8 Å². The second-order valence-corrected chi connectivity index (χ2v) is 31.0. The molecule has 11 rings (SSSR count). The number of rotatable bonds is 22. The van der Waals surface area contributed by atoms with Crippen molar-refractivity contribution in [1.29, 1.82) is 0 Å². The maximum Gasteiger partial charge on any atom is 0.242 e. The summed E-state index contributed by atoms with van der Waals surface area (Å²) in [6.07, 6.45) is 21.0. The van der Waals surface area contributed by atoms with E-state index in [0.717, 1.165) is 77.0 Å². The van der Waals surface area contributed by atoms with Gasteiger partial charge in [-0.05, 0) is 161 Å². The third-order valence-electron chi connectivity index (χ3n) is 26.1. The first-order valence-corrected chi connectivity index (χ1v) is 36.2. The zero-order chi connectivity index (χ0) is 70.0. The first-order chi connectivity index (χ1) is 46.9. The SMILES string of the molecule is COCCN1CC(=O)N(CCCn2cc([C@]3(O)CCC4C5CCC6=CC(=O)CC[C@]6(C)C5CC[C@@]43C)nn2)CC(=O)N(CCOC)CC(=O)N(CCOC)CC(=O)N(CCCn2cc([C@]3(O)CCC4C5CCC6=CC(=O)CC[C@]6(C)C5CC[C@@]43C)nn2)CC(=O)N(CCOC)CC1=O. The largest absolute Gasteiger partial charge is 0.383 e. The summed E-state index contributed by atoms with van der Waals surface area (Å²) >= 11 is 0. The van der Waals surface area contributed by atoms with Crippen molar-refractivity contribution in [3.05, 3.63) is 47.1 Å². The number of aromatic nitrogens is 6. The number of nitrogens with zero attached hydrogens (tertiary/aromatic N) is 12. The van der Waals surface area contributed by atoms with Crippen LogP contribution in [0.25, 0.3) is 0 Å². The highest BCUT2D eigenvalue weighted by atomic mass is 16.5. The highest BCUT2D eigenvalue weighted by Crippen LogP contribution is 2.71. The summed E-state index contributed by atoms with van der Waals surface area (Å²) < 4.78 is 25.0. The predicted molar refractivity (Wildman–Crippen MR) is 357 cm³/mol. The maximum atomic E-state index is 14.9. The van der Waals surface area contributed by atoms with Crippen LogP contribution in [0.4, 0.5) is 0 Å². The molecule has 9 aliphatic rings. The highest BCUT2D eigenvalue weighted by Gasteiger charge is 2.67. The van der Waals surface area contributed by atoms with E-state index in [1.165, 1.54) is 69.0 Å². The van der Waals surface area contributed by atoms with Crippen molar-refractivity contribution in [2.24, 2.45) is 57.2 Å². The van der Waals surface area contributed by atoms with Gasteiger partial charge in [0.2, 0.25) is 35.4 Å². The smallest absolute Gasteiger partial charge is 0.242 e. The van der Waals surface area contributed by atoms with E-state index in [1.807, 2.05) is 12.2 Å². The molecule has 26 heteroatoms. The minimum Gasteiger partial charge on any atom is -0.383 e. The Morgan fingerprint density at radius 2 is 0.704 bits per heavy atom. The van der Waals surface area contributed by atoms with Gasteiger partial charge in [-0.2, -0.15) is 0 Å². The Bertz CT molecular complexity index is 3130. The van der Waals surface area contributed by atoms with E-state index < -0.39 is 96.7 Å². The molecule has 1 saturated heterocycles. The predicted octanol–water partition coefficient (Wildman–Crippen LogP) is 4.36. The van der Waals surface area contributed by atoms with Crippen LogP contribution < -0.4 is 0 Å². The molecule has 6 unspecified atom stereocenters. The molecule has 3 heterocycles. The molecular formula is C72H108N12O14. The third-order valence-corrected chi connectivity index (χ3v) is 26.1. The first kappa shape index (κ1) is 72.9. The molecule has 7 fully saturated rings. The van der Waals surface area contributed by atoms with E-state index in [4.69, 9.17) is 18.9 Å². The van der Waals surface area contributed by atoms with Gasteiger partial charge in [0, 0.05) is 104 Å².